The number of likely N-dealkylation sites (tertiary alicyclic amines) is 1. The number of nitrogens with one attached hydrogen (secondary N) is 1. The Labute approximate surface area is 180 Å². The Kier molecular flexibility index (Phi) is 5.62. The number of carbonyl (C=O) groups excluding carboxylic acids is 3. The molecule has 2 aromatic rings. The van der Waals surface area contributed by atoms with E-state index in [1.54, 1.807) is 26.0 Å². The second kappa shape index (κ2) is 8.23. The monoisotopic (exact) mass is 424 g/mol. The van der Waals surface area contributed by atoms with Crippen LogP contribution in [0.5, 0.6) is 0 Å². The van der Waals surface area contributed by atoms with Crippen molar-refractivity contribution in [2.45, 2.75) is 31.8 Å². The molecule has 0 unspecified atom stereocenters. The van der Waals surface area contributed by atoms with E-state index in [1.165, 1.54) is 17.0 Å². The fraction of sp³-hybridized carbons (Fsp3) is 0.375. The second-order valence-electron chi connectivity index (χ2n) is 7.95. The van der Waals surface area contributed by atoms with Gasteiger partial charge in [-0.1, -0.05) is 42.5 Å². The highest BCUT2D eigenvalue weighted by Crippen LogP contribution is 2.50. The molecule has 31 heavy (non-hydrogen) atoms. The van der Waals surface area contributed by atoms with Crippen molar-refractivity contribution in [3.63, 3.8) is 0 Å². The molecule has 0 aliphatic carbocycles. The third-order valence-electron chi connectivity index (χ3n) is 6.26. The van der Waals surface area contributed by atoms with Gasteiger partial charge in [0.2, 0.25) is 11.8 Å². The number of benzene rings is 2. The molecule has 4 atom stereocenters. The predicted molar refractivity (Wildman–Crippen MR) is 111 cm³/mol. The van der Waals surface area contributed by atoms with Gasteiger partial charge in [0.05, 0.1) is 18.4 Å². The van der Waals surface area contributed by atoms with Crippen LogP contribution in [0.25, 0.3) is 0 Å². The molecule has 0 radical (unpaired) electrons. The van der Waals surface area contributed by atoms with Gasteiger partial charge in [-0.15, -0.1) is 0 Å². The first-order chi connectivity index (χ1) is 14.9. The summed E-state index contributed by atoms with van der Waals surface area (Å²) in [6.45, 7) is 3.82. The van der Waals surface area contributed by atoms with E-state index >= 15 is 0 Å². The minimum atomic E-state index is -1.41. The zero-order valence-electron chi connectivity index (χ0n) is 17.5. The lowest BCUT2D eigenvalue weighted by Crippen LogP contribution is -2.58. The largest absolute Gasteiger partial charge is 0.465 e. The fourth-order valence-electron chi connectivity index (χ4n) is 4.93. The summed E-state index contributed by atoms with van der Waals surface area (Å²) >= 11 is 0. The highest BCUT2D eigenvalue weighted by Gasteiger charge is 2.68. The van der Waals surface area contributed by atoms with Crippen molar-refractivity contribution in [2.24, 2.45) is 11.8 Å². The molecule has 162 valence electrons. The summed E-state index contributed by atoms with van der Waals surface area (Å²) in [5, 5.41) is 3.32. The first kappa shape index (κ1) is 21.2. The van der Waals surface area contributed by atoms with Gasteiger partial charge in [-0.25, -0.2) is 4.39 Å². The van der Waals surface area contributed by atoms with Crippen molar-refractivity contribution in [2.75, 3.05) is 13.2 Å². The summed E-state index contributed by atoms with van der Waals surface area (Å²) in [7, 11) is 0. The Morgan fingerprint density at radius 3 is 2.35 bits per heavy atom. The number of halogens is 1. The summed E-state index contributed by atoms with van der Waals surface area (Å²) < 4.78 is 19.0. The Morgan fingerprint density at radius 2 is 1.74 bits per heavy atom. The quantitative estimate of drug-likeness (QED) is 0.570. The van der Waals surface area contributed by atoms with Crippen LogP contribution in [0.3, 0.4) is 0 Å². The number of imide groups is 1. The van der Waals surface area contributed by atoms with Gasteiger partial charge in [0.15, 0.2) is 0 Å². The molecule has 2 aliphatic rings. The molecule has 2 aliphatic heterocycles. The Bertz CT molecular complexity index is 994. The van der Waals surface area contributed by atoms with Crippen LogP contribution in [0.2, 0.25) is 0 Å². The van der Waals surface area contributed by atoms with Crippen molar-refractivity contribution in [3.05, 3.63) is 71.5 Å². The lowest BCUT2D eigenvalue weighted by molar-refractivity contribution is -0.156. The van der Waals surface area contributed by atoms with Gasteiger partial charge in [-0.2, -0.15) is 0 Å². The van der Waals surface area contributed by atoms with E-state index in [-0.39, 0.29) is 31.4 Å². The molecule has 4 rings (SSSR count). The average molecular weight is 424 g/mol. The molecule has 6 nitrogen and oxygen atoms in total. The maximum atomic E-state index is 13.5. The van der Waals surface area contributed by atoms with Crippen molar-refractivity contribution < 1.29 is 23.5 Å². The average Bonchev–Trinajstić information content (AvgIpc) is 3.24. The molecule has 0 spiro atoms. The maximum Gasteiger partial charge on any atom is 0.327 e. The number of fused-ring (bicyclic) bond motifs is 1. The molecule has 2 heterocycles. The van der Waals surface area contributed by atoms with Crippen LogP contribution in [-0.2, 0) is 25.5 Å². The zero-order valence-corrected chi connectivity index (χ0v) is 17.5. The summed E-state index contributed by atoms with van der Waals surface area (Å²) in [5.74, 6) is -3.33. The third-order valence-corrected chi connectivity index (χ3v) is 6.26. The SMILES string of the molecule is CCOC(=O)[C@]1(Cc2ccccc2)N[C@@H](c2ccc(F)cc2)[C@H]2C(=O)N(CC)C(=O)[C@H]21. The first-order valence-electron chi connectivity index (χ1n) is 10.5. The van der Waals surface area contributed by atoms with Gasteiger partial charge in [0.25, 0.3) is 0 Å². The smallest absolute Gasteiger partial charge is 0.327 e. The number of rotatable bonds is 6. The van der Waals surface area contributed by atoms with Gasteiger partial charge in [-0.05, 0) is 37.1 Å². The second-order valence-corrected chi connectivity index (χ2v) is 7.95. The van der Waals surface area contributed by atoms with Gasteiger partial charge < -0.3 is 4.74 Å². The first-order valence-corrected chi connectivity index (χ1v) is 10.5. The highest BCUT2D eigenvalue weighted by molar-refractivity contribution is 6.09. The number of hydrogen-bond donors (Lipinski definition) is 1. The maximum absolute atomic E-state index is 13.5. The van der Waals surface area contributed by atoms with Crippen LogP contribution in [0, 0.1) is 17.7 Å². The van der Waals surface area contributed by atoms with Gasteiger partial charge in [0, 0.05) is 19.0 Å². The van der Waals surface area contributed by atoms with E-state index in [9.17, 15) is 18.8 Å². The van der Waals surface area contributed by atoms with E-state index in [4.69, 9.17) is 4.74 Å². The molecule has 2 saturated heterocycles. The number of esters is 1. The Hall–Kier alpha value is -3.06. The van der Waals surface area contributed by atoms with Crippen LogP contribution in [0.4, 0.5) is 4.39 Å². The van der Waals surface area contributed by atoms with Crippen LogP contribution >= 0.6 is 0 Å². The lowest BCUT2D eigenvalue weighted by atomic mass is 9.76. The summed E-state index contributed by atoms with van der Waals surface area (Å²) in [6, 6.07) is 14.5. The van der Waals surface area contributed by atoms with Crippen LogP contribution in [0.15, 0.2) is 54.6 Å². The van der Waals surface area contributed by atoms with Crippen LogP contribution in [0.1, 0.15) is 31.0 Å². The Morgan fingerprint density at radius 1 is 1.06 bits per heavy atom. The van der Waals surface area contributed by atoms with E-state index in [0.717, 1.165) is 5.56 Å². The molecule has 7 heteroatoms. The minimum Gasteiger partial charge on any atom is -0.465 e. The third kappa shape index (κ3) is 3.43. The van der Waals surface area contributed by atoms with Crippen molar-refractivity contribution in [1.82, 2.24) is 10.2 Å². The number of amides is 2. The molecule has 0 saturated carbocycles. The minimum absolute atomic E-state index is 0.148. The number of carbonyl (C=O) groups is 3. The molecular weight excluding hydrogens is 399 g/mol. The normalized spacial score (nSPS) is 27.5. The standard InChI is InChI=1S/C24H25FN2O4/c1-3-27-21(28)18-19(22(27)29)24(23(30)31-4-2,14-15-8-6-5-7-9-15)26-20(18)16-10-12-17(25)13-11-16/h5-13,18-20,26H,3-4,14H2,1-2H3/t18-,19-,20-,24+/m0/s1. The fourth-order valence-corrected chi connectivity index (χ4v) is 4.93. The van der Waals surface area contributed by atoms with E-state index in [2.05, 4.69) is 5.32 Å². The van der Waals surface area contributed by atoms with Gasteiger partial charge in [-0.3, -0.25) is 24.6 Å². The van der Waals surface area contributed by atoms with Crippen LogP contribution in [-0.4, -0.2) is 41.4 Å². The van der Waals surface area contributed by atoms with Crippen LogP contribution < -0.4 is 5.32 Å². The molecule has 1 N–H and O–H groups in total. The van der Waals surface area contributed by atoms with Crippen molar-refractivity contribution >= 4 is 17.8 Å². The van der Waals surface area contributed by atoms with Gasteiger partial charge in [0.1, 0.15) is 11.4 Å². The molecular formula is C24H25FN2O4. The van der Waals surface area contributed by atoms with E-state index in [1.807, 2.05) is 30.3 Å². The summed E-state index contributed by atoms with van der Waals surface area (Å²) in [5.41, 5.74) is 0.0871. The topological polar surface area (TPSA) is 75.7 Å². The van der Waals surface area contributed by atoms with Crippen molar-refractivity contribution in [1.29, 1.82) is 0 Å². The summed E-state index contributed by atoms with van der Waals surface area (Å²) in [6.07, 6.45) is 0.197. The number of ether oxygens (including phenoxy) is 1. The highest BCUT2D eigenvalue weighted by atomic mass is 19.1. The molecule has 0 aromatic heterocycles. The number of nitrogens with zero attached hydrogens (tertiary/aromatic N) is 1. The molecule has 0 bridgehead atoms. The van der Waals surface area contributed by atoms with Crippen molar-refractivity contribution in [3.8, 4) is 0 Å². The van der Waals surface area contributed by atoms with E-state index < -0.39 is 35.2 Å². The molecule has 2 aromatic carbocycles. The summed E-state index contributed by atoms with van der Waals surface area (Å²) in [4.78, 5) is 41.2. The number of hydrogen-bond acceptors (Lipinski definition) is 5. The zero-order chi connectivity index (χ0) is 22.2. The lowest BCUT2D eigenvalue weighted by Gasteiger charge is -2.33. The molecule has 2 amide bonds. The Balaban J connectivity index is 1.86. The van der Waals surface area contributed by atoms with Gasteiger partial charge >= 0.3 is 5.97 Å². The predicted octanol–water partition coefficient (Wildman–Crippen LogP) is 2.64. The molecule has 2 fully saturated rings. The van der Waals surface area contributed by atoms with E-state index in [0.29, 0.717) is 5.56 Å².